The molecule has 4 spiro atoms. The van der Waals surface area contributed by atoms with E-state index in [2.05, 4.69) is 75.5 Å². The average molecular weight is 673 g/mol. The van der Waals surface area contributed by atoms with Crippen LogP contribution >= 0.6 is 0 Å². The number of ether oxygens (including phenoxy) is 3. The molecule has 13 rings (SSSR count). The summed E-state index contributed by atoms with van der Waals surface area (Å²) in [4.78, 5) is 22.7. The fourth-order valence-corrected chi connectivity index (χ4v) is 16.5. The van der Waals surface area contributed by atoms with Gasteiger partial charge in [0, 0.05) is 83.1 Å². The standard InChI is InChI=1S/C42H48N4O4/c1-3-39-19-24-18-38(23-46-29-11-7-5-9-27(29)42(32(24)46)13-15-44(35(39)42)21-30-33(39)50-30)22-45-16-12-41-26-8-4-6-10-28(26)43-31(41)25(34(47)48-2)20-40(36(41)45)14-17-49-37(38)40/h4-11,24,30,32-33,35-37,43H,3,12-23H2,1-2H3/t24-,30-,32-,33-,35+,36+,37-,38+,39-,40+,41+,42+/m1/s1. The molecule has 0 aromatic heterocycles. The zero-order valence-electron chi connectivity index (χ0n) is 29.3. The number of carbonyl (C=O) groups is 1. The van der Waals surface area contributed by atoms with Crippen molar-refractivity contribution in [3.05, 3.63) is 70.9 Å². The van der Waals surface area contributed by atoms with Gasteiger partial charge in [0.15, 0.2) is 0 Å². The molecule has 0 unspecified atom stereocenters. The molecule has 7 saturated heterocycles. The number of para-hydroxylation sites is 2. The smallest absolute Gasteiger partial charge is 0.335 e. The van der Waals surface area contributed by atoms with E-state index < -0.39 is 0 Å². The number of nitrogens with one attached hydrogen (secondary N) is 1. The third kappa shape index (κ3) is 2.83. The topological polar surface area (TPSA) is 69.8 Å². The molecule has 50 heavy (non-hydrogen) atoms. The molecule has 8 nitrogen and oxygen atoms in total. The van der Waals surface area contributed by atoms with Crippen molar-refractivity contribution in [3.63, 3.8) is 0 Å². The van der Waals surface area contributed by atoms with E-state index in [4.69, 9.17) is 14.2 Å². The quantitative estimate of drug-likeness (QED) is 0.360. The van der Waals surface area contributed by atoms with Gasteiger partial charge in [-0.25, -0.2) is 4.79 Å². The van der Waals surface area contributed by atoms with Crippen molar-refractivity contribution < 1.29 is 19.0 Å². The molecule has 0 bridgehead atoms. The van der Waals surface area contributed by atoms with Gasteiger partial charge in [-0.3, -0.25) is 9.80 Å². The van der Waals surface area contributed by atoms with Crippen LogP contribution in [0.3, 0.4) is 0 Å². The molecule has 2 aromatic rings. The minimum absolute atomic E-state index is 0.0266. The second kappa shape index (κ2) is 8.82. The molecular weight excluding hydrogens is 624 g/mol. The number of carbonyl (C=O) groups excluding carboxylic acids is 1. The highest BCUT2D eigenvalue weighted by Gasteiger charge is 2.80. The molecule has 0 amide bonds. The molecular formula is C42H48N4O4. The van der Waals surface area contributed by atoms with Crippen molar-refractivity contribution in [2.75, 3.05) is 56.7 Å². The average Bonchev–Trinajstić information content (AvgIpc) is 3.50. The van der Waals surface area contributed by atoms with Crippen molar-refractivity contribution in [2.24, 2.45) is 22.2 Å². The number of nitrogens with zero attached hydrogens (tertiary/aromatic N) is 3. The Bertz CT molecular complexity index is 1950. The summed E-state index contributed by atoms with van der Waals surface area (Å²) in [6.07, 6.45) is 8.60. The molecule has 9 heterocycles. The second-order valence-electron chi connectivity index (χ2n) is 18.5. The SMILES string of the molecule is CC[C@@]12C[C@H]3C[C@]4(CN5CC[C@]67C(=C(C(=O)OC)C[C@@]8(CCO[C@H]48)[C@H]56)Nc4ccccc47)CN4c5ccccc5[C@@]5(CCN(C[C@H]6O[C@H]61)[C@@H]25)[C@@H]34. The van der Waals surface area contributed by atoms with Gasteiger partial charge < -0.3 is 24.4 Å². The Hall–Kier alpha value is -2.91. The Kier molecular flexibility index (Phi) is 5.05. The number of benzene rings is 2. The Morgan fingerprint density at radius 3 is 2.70 bits per heavy atom. The van der Waals surface area contributed by atoms with Gasteiger partial charge >= 0.3 is 5.97 Å². The molecule has 2 aliphatic carbocycles. The predicted octanol–water partition coefficient (Wildman–Crippen LogP) is 4.83. The van der Waals surface area contributed by atoms with Gasteiger partial charge in [0.2, 0.25) is 0 Å². The lowest BCUT2D eigenvalue weighted by molar-refractivity contribution is -0.170. The molecule has 2 aromatic carbocycles. The molecule has 0 radical (unpaired) electrons. The van der Waals surface area contributed by atoms with Crippen molar-refractivity contribution in [1.29, 1.82) is 0 Å². The number of methoxy groups -OCH3 is 1. The third-order valence-corrected chi connectivity index (χ3v) is 17.2. The fourth-order valence-electron chi connectivity index (χ4n) is 16.5. The van der Waals surface area contributed by atoms with Crippen molar-refractivity contribution >= 4 is 17.3 Å². The van der Waals surface area contributed by atoms with E-state index in [0.717, 1.165) is 63.3 Å². The number of rotatable bonds is 2. The Labute approximate surface area is 294 Å². The Morgan fingerprint density at radius 2 is 1.82 bits per heavy atom. The lowest BCUT2D eigenvalue weighted by atomic mass is 9.44. The van der Waals surface area contributed by atoms with E-state index in [0.29, 0.717) is 36.3 Å². The maximum absolute atomic E-state index is 13.9. The number of hydrogen-bond donors (Lipinski definition) is 1. The summed E-state index contributed by atoms with van der Waals surface area (Å²) in [5, 5.41) is 3.82. The highest BCUT2D eigenvalue weighted by atomic mass is 16.6. The van der Waals surface area contributed by atoms with E-state index in [1.165, 1.54) is 49.2 Å². The largest absolute Gasteiger partial charge is 0.466 e. The normalized spacial score (nSPS) is 49.3. The van der Waals surface area contributed by atoms with Gasteiger partial charge in [-0.2, -0.15) is 0 Å². The maximum Gasteiger partial charge on any atom is 0.335 e. The molecule has 9 aliphatic heterocycles. The second-order valence-corrected chi connectivity index (χ2v) is 18.5. The van der Waals surface area contributed by atoms with Gasteiger partial charge in [0.25, 0.3) is 0 Å². The Morgan fingerprint density at radius 1 is 0.980 bits per heavy atom. The highest BCUT2D eigenvalue weighted by Crippen LogP contribution is 2.75. The summed E-state index contributed by atoms with van der Waals surface area (Å²) in [6.45, 7) is 8.73. The fraction of sp³-hybridized carbons (Fsp3) is 0.643. The predicted molar refractivity (Wildman–Crippen MR) is 188 cm³/mol. The molecule has 12 atom stereocenters. The van der Waals surface area contributed by atoms with Crippen molar-refractivity contribution in [2.45, 2.75) is 99.1 Å². The first kappa shape index (κ1) is 28.6. The van der Waals surface area contributed by atoms with Crippen LogP contribution in [0, 0.1) is 22.2 Å². The van der Waals surface area contributed by atoms with Gasteiger partial charge in [0.1, 0.15) is 0 Å². The van der Waals surface area contributed by atoms with E-state index in [9.17, 15) is 4.79 Å². The number of piperidine rings is 3. The van der Waals surface area contributed by atoms with Crippen LogP contribution in [0.15, 0.2) is 59.8 Å². The minimum atomic E-state index is -0.231. The molecule has 1 saturated carbocycles. The summed E-state index contributed by atoms with van der Waals surface area (Å²) in [7, 11) is 1.56. The van der Waals surface area contributed by atoms with Crippen LogP contribution in [0.5, 0.6) is 0 Å². The molecule has 11 aliphatic rings. The van der Waals surface area contributed by atoms with Crippen LogP contribution in [0.4, 0.5) is 11.4 Å². The minimum Gasteiger partial charge on any atom is -0.466 e. The first-order chi connectivity index (χ1) is 24.4. The van der Waals surface area contributed by atoms with Crippen LogP contribution < -0.4 is 10.2 Å². The summed E-state index contributed by atoms with van der Waals surface area (Å²) >= 11 is 0. The highest BCUT2D eigenvalue weighted by molar-refractivity contribution is 5.93. The third-order valence-electron chi connectivity index (χ3n) is 17.2. The number of fused-ring (bicyclic) bond motifs is 6. The molecule has 1 N–H and O–H groups in total. The monoisotopic (exact) mass is 672 g/mol. The van der Waals surface area contributed by atoms with Crippen LogP contribution in [-0.2, 0) is 29.8 Å². The van der Waals surface area contributed by atoms with E-state index in [-0.39, 0.29) is 39.1 Å². The van der Waals surface area contributed by atoms with Crippen LogP contribution in [0.25, 0.3) is 0 Å². The van der Waals surface area contributed by atoms with Gasteiger partial charge in [-0.15, -0.1) is 0 Å². The van der Waals surface area contributed by atoms with Crippen molar-refractivity contribution in [1.82, 2.24) is 9.80 Å². The zero-order valence-corrected chi connectivity index (χ0v) is 29.3. The summed E-state index contributed by atoms with van der Waals surface area (Å²) in [5.74, 6) is 0.411. The zero-order chi connectivity index (χ0) is 33.0. The lowest BCUT2D eigenvalue weighted by Crippen LogP contribution is -2.76. The Balaban J connectivity index is 0.999. The first-order valence-corrected chi connectivity index (χ1v) is 19.7. The van der Waals surface area contributed by atoms with Gasteiger partial charge in [-0.05, 0) is 87.2 Å². The summed E-state index contributed by atoms with van der Waals surface area (Å²) in [5.41, 5.74) is 7.60. The lowest BCUT2D eigenvalue weighted by Gasteiger charge is -2.68. The van der Waals surface area contributed by atoms with Crippen molar-refractivity contribution in [3.8, 4) is 0 Å². The summed E-state index contributed by atoms with van der Waals surface area (Å²) in [6, 6.07) is 19.8. The van der Waals surface area contributed by atoms with Crippen LogP contribution in [-0.4, -0.2) is 98.6 Å². The van der Waals surface area contributed by atoms with Gasteiger partial charge in [0.05, 0.1) is 36.4 Å². The summed E-state index contributed by atoms with van der Waals surface area (Å²) < 4.78 is 19.5. The van der Waals surface area contributed by atoms with Crippen LogP contribution in [0.2, 0.25) is 0 Å². The first-order valence-electron chi connectivity index (χ1n) is 19.7. The van der Waals surface area contributed by atoms with Crippen LogP contribution in [0.1, 0.15) is 63.0 Å². The molecule has 8 heteroatoms. The number of epoxide rings is 1. The molecule has 260 valence electrons. The van der Waals surface area contributed by atoms with E-state index in [1.54, 1.807) is 12.7 Å². The van der Waals surface area contributed by atoms with Gasteiger partial charge in [-0.1, -0.05) is 43.3 Å². The number of esters is 1. The number of anilines is 2. The van der Waals surface area contributed by atoms with E-state index in [1.807, 2.05) is 0 Å². The maximum atomic E-state index is 13.9. The number of hydrogen-bond acceptors (Lipinski definition) is 8. The van der Waals surface area contributed by atoms with E-state index >= 15 is 0 Å². The molecule has 8 fully saturated rings.